The summed E-state index contributed by atoms with van der Waals surface area (Å²) < 4.78 is 13.1. The third kappa shape index (κ3) is 5.29. The monoisotopic (exact) mass is 464 g/mol. The predicted molar refractivity (Wildman–Crippen MR) is 136 cm³/mol. The normalized spacial score (nSPS) is 12.3. The Bertz CT molecular complexity index is 1120. The van der Waals surface area contributed by atoms with Crippen molar-refractivity contribution in [2.75, 3.05) is 25.2 Å². The Kier molecular flexibility index (Phi) is 7.93. The quantitative estimate of drug-likeness (QED) is 0.365. The second-order valence-corrected chi connectivity index (χ2v) is 8.83. The summed E-state index contributed by atoms with van der Waals surface area (Å²) in [6.07, 6.45) is 5.19. The molecule has 0 saturated heterocycles. The number of imidazole rings is 1. The number of nitrogens with zero attached hydrogens (tertiary/aromatic N) is 3. The third-order valence-corrected chi connectivity index (χ3v) is 6.18. The van der Waals surface area contributed by atoms with Crippen LogP contribution in [0.15, 0.2) is 36.4 Å². The zero-order valence-electron chi connectivity index (χ0n) is 20.6. The summed E-state index contributed by atoms with van der Waals surface area (Å²) in [5, 5.41) is 3.48. The second kappa shape index (κ2) is 11.3. The Hall–Kier alpha value is -3.22. The van der Waals surface area contributed by atoms with Crippen LogP contribution in [0.25, 0.3) is 11.0 Å². The van der Waals surface area contributed by atoms with Crippen LogP contribution in [0.5, 0.6) is 11.5 Å². The molecule has 7 heteroatoms. The van der Waals surface area contributed by atoms with E-state index in [0.29, 0.717) is 6.54 Å². The zero-order valence-corrected chi connectivity index (χ0v) is 20.6. The Morgan fingerprint density at radius 2 is 1.76 bits per heavy atom. The van der Waals surface area contributed by atoms with Crippen molar-refractivity contribution in [3.8, 4) is 11.5 Å². The molecule has 0 radical (unpaired) electrons. The number of carbonyl (C=O) groups is 1. The lowest BCUT2D eigenvalue weighted by Gasteiger charge is -2.22. The van der Waals surface area contributed by atoms with Gasteiger partial charge in [0.25, 0.3) is 5.91 Å². The number of nitrogens with one attached hydrogen (secondary N) is 1. The fraction of sp³-hybridized carbons (Fsp3) is 0.481. The third-order valence-electron chi connectivity index (χ3n) is 6.18. The number of carbonyl (C=O) groups excluding carboxylic acids is 1. The summed E-state index contributed by atoms with van der Waals surface area (Å²) in [5.41, 5.74) is 3.72. The standard InChI is InChI=1S/C27H36N4O3/c1-4-7-14-30(15-8-5-2)26(32)21-10-11-22-23(17-21)31(13-6-3)27(29-22)28-18-20-9-12-24-25(16-20)34-19-33-24/h9-12,16-17H,4-8,13-15,18-19H2,1-3H3,(H,28,29). The van der Waals surface area contributed by atoms with Gasteiger partial charge in [-0.25, -0.2) is 4.98 Å². The highest BCUT2D eigenvalue weighted by Crippen LogP contribution is 2.33. The molecule has 182 valence electrons. The largest absolute Gasteiger partial charge is 0.454 e. The lowest BCUT2D eigenvalue weighted by atomic mass is 10.1. The second-order valence-electron chi connectivity index (χ2n) is 8.83. The molecule has 7 nitrogen and oxygen atoms in total. The number of rotatable bonds is 12. The van der Waals surface area contributed by atoms with Gasteiger partial charge in [-0.05, 0) is 55.2 Å². The van der Waals surface area contributed by atoms with Crippen molar-refractivity contribution >= 4 is 22.9 Å². The first-order chi connectivity index (χ1) is 16.6. The van der Waals surface area contributed by atoms with E-state index in [2.05, 4.69) is 30.7 Å². The van der Waals surface area contributed by atoms with Crippen LogP contribution in [0.1, 0.15) is 68.8 Å². The molecule has 0 aliphatic carbocycles. The van der Waals surface area contributed by atoms with Gasteiger partial charge in [-0.2, -0.15) is 0 Å². The Morgan fingerprint density at radius 1 is 1.00 bits per heavy atom. The van der Waals surface area contributed by atoms with Crippen molar-refractivity contribution in [1.82, 2.24) is 14.5 Å². The number of aryl methyl sites for hydroxylation is 1. The molecule has 1 aliphatic rings. The molecule has 2 heterocycles. The highest BCUT2D eigenvalue weighted by Gasteiger charge is 2.18. The molecule has 2 aromatic carbocycles. The molecular weight excluding hydrogens is 428 g/mol. The molecule has 0 bridgehead atoms. The minimum atomic E-state index is 0.114. The van der Waals surface area contributed by atoms with Crippen molar-refractivity contribution in [3.63, 3.8) is 0 Å². The van der Waals surface area contributed by atoms with E-state index in [0.717, 1.165) is 91.3 Å². The lowest BCUT2D eigenvalue weighted by Crippen LogP contribution is -2.32. The van der Waals surface area contributed by atoms with Gasteiger partial charge in [-0.3, -0.25) is 4.79 Å². The van der Waals surface area contributed by atoms with Gasteiger partial charge in [-0.1, -0.05) is 39.7 Å². The molecule has 0 atom stereocenters. The lowest BCUT2D eigenvalue weighted by molar-refractivity contribution is 0.0751. The molecule has 1 aromatic heterocycles. The van der Waals surface area contributed by atoms with Crippen molar-refractivity contribution in [1.29, 1.82) is 0 Å². The fourth-order valence-electron chi connectivity index (χ4n) is 4.27. The first kappa shape index (κ1) is 23.9. The topological polar surface area (TPSA) is 68.6 Å². The van der Waals surface area contributed by atoms with Crippen LogP contribution < -0.4 is 14.8 Å². The molecule has 1 N–H and O–H groups in total. The maximum atomic E-state index is 13.3. The van der Waals surface area contributed by atoms with Crippen LogP contribution >= 0.6 is 0 Å². The zero-order chi connectivity index (χ0) is 23.9. The molecule has 1 aliphatic heterocycles. The predicted octanol–water partition coefficient (Wildman–Crippen LogP) is 5.83. The van der Waals surface area contributed by atoms with Crippen LogP contribution in [-0.4, -0.2) is 40.2 Å². The summed E-state index contributed by atoms with van der Waals surface area (Å²) in [4.78, 5) is 20.2. The van der Waals surface area contributed by atoms with Gasteiger partial charge in [0.1, 0.15) is 0 Å². The summed E-state index contributed by atoms with van der Waals surface area (Å²) in [6, 6.07) is 11.9. The number of hydrogen-bond acceptors (Lipinski definition) is 5. The van der Waals surface area contributed by atoms with Gasteiger partial charge in [0.2, 0.25) is 12.7 Å². The molecule has 4 rings (SSSR count). The maximum absolute atomic E-state index is 13.3. The molecule has 0 fully saturated rings. The Balaban J connectivity index is 1.56. The van der Waals surface area contributed by atoms with E-state index in [9.17, 15) is 4.79 Å². The van der Waals surface area contributed by atoms with Crippen LogP contribution in [0.2, 0.25) is 0 Å². The molecule has 1 amide bonds. The van der Waals surface area contributed by atoms with Crippen molar-refractivity contribution < 1.29 is 14.3 Å². The van der Waals surface area contributed by atoms with Gasteiger partial charge in [0.05, 0.1) is 11.0 Å². The van der Waals surface area contributed by atoms with Gasteiger partial charge >= 0.3 is 0 Å². The average molecular weight is 465 g/mol. The molecule has 34 heavy (non-hydrogen) atoms. The van der Waals surface area contributed by atoms with Gasteiger partial charge in [-0.15, -0.1) is 0 Å². The highest BCUT2D eigenvalue weighted by molar-refractivity contribution is 5.97. The van der Waals surface area contributed by atoms with E-state index in [1.165, 1.54) is 0 Å². The number of hydrogen-bond donors (Lipinski definition) is 1. The summed E-state index contributed by atoms with van der Waals surface area (Å²) in [6.45, 7) is 9.82. The van der Waals surface area contributed by atoms with Crippen molar-refractivity contribution in [2.45, 2.75) is 66.0 Å². The van der Waals surface area contributed by atoms with Crippen LogP contribution in [0.4, 0.5) is 5.95 Å². The number of anilines is 1. The molecular formula is C27H36N4O3. The molecule has 0 spiro atoms. The van der Waals surface area contributed by atoms with Gasteiger partial charge < -0.3 is 24.3 Å². The average Bonchev–Trinajstić information content (AvgIpc) is 3.46. The summed E-state index contributed by atoms with van der Waals surface area (Å²) in [5.74, 6) is 2.49. The number of unbranched alkanes of at least 4 members (excludes halogenated alkanes) is 2. The number of amides is 1. The molecule has 0 saturated carbocycles. The van der Waals surface area contributed by atoms with Gasteiger partial charge in [0, 0.05) is 31.7 Å². The Labute approximate surface area is 202 Å². The first-order valence-electron chi connectivity index (χ1n) is 12.6. The van der Waals surface area contributed by atoms with Crippen LogP contribution in [0, 0.1) is 0 Å². The maximum Gasteiger partial charge on any atom is 0.253 e. The van der Waals surface area contributed by atoms with Crippen LogP contribution in [-0.2, 0) is 13.1 Å². The number of benzene rings is 2. The van der Waals surface area contributed by atoms with Crippen molar-refractivity contribution in [2.24, 2.45) is 0 Å². The minimum absolute atomic E-state index is 0.114. The molecule has 0 unspecified atom stereocenters. The summed E-state index contributed by atoms with van der Waals surface area (Å²) in [7, 11) is 0. The van der Waals surface area contributed by atoms with E-state index in [4.69, 9.17) is 14.5 Å². The minimum Gasteiger partial charge on any atom is -0.454 e. The van der Waals surface area contributed by atoms with E-state index < -0.39 is 0 Å². The summed E-state index contributed by atoms with van der Waals surface area (Å²) >= 11 is 0. The molecule has 3 aromatic rings. The highest BCUT2D eigenvalue weighted by atomic mass is 16.7. The number of fused-ring (bicyclic) bond motifs is 2. The fourth-order valence-corrected chi connectivity index (χ4v) is 4.27. The smallest absolute Gasteiger partial charge is 0.253 e. The SMILES string of the molecule is CCCCN(CCCC)C(=O)c1ccc2nc(NCc3ccc4c(c3)OCO4)n(CCC)c2c1. The van der Waals surface area contributed by atoms with E-state index in [1.807, 2.05) is 41.3 Å². The van der Waals surface area contributed by atoms with Gasteiger partial charge in [0.15, 0.2) is 11.5 Å². The first-order valence-corrected chi connectivity index (χ1v) is 12.6. The van der Waals surface area contributed by atoms with Crippen LogP contribution in [0.3, 0.4) is 0 Å². The van der Waals surface area contributed by atoms with E-state index >= 15 is 0 Å². The van der Waals surface area contributed by atoms with E-state index in [-0.39, 0.29) is 12.7 Å². The van der Waals surface area contributed by atoms with E-state index in [1.54, 1.807) is 0 Å². The Morgan fingerprint density at radius 3 is 2.50 bits per heavy atom. The number of ether oxygens (including phenoxy) is 2. The number of aromatic nitrogens is 2. The van der Waals surface area contributed by atoms with Crippen molar-refractivity contribution in [3.05, 3.63) is 47.5 Å².